The molecule has 0 atom stereocenters. The van der Waals surface area contributed by atoms with Crippen LogP contribution in [-0.2, 0) is 97.5 Å². The molecular weight excluding hydrogens is 1330 g/mol. The number of aromatic nitrogens is 12. The number of carbonyl (C=O) groups is 5. The van der Waals surface area contributed by atoms with Crippen molar-refractivity contribution in [2.24, 2.45) is 0 Å². The lowest BCUT2D eigenvalue weighted by molar-refractivity contribution is -0.192. The molecule has 0 aliphatic heterocycles. The summed E-state index contributed by atoms with van der Waals surface area (Å²) in [6.45, 7) is 28.7. The van der Waals surface area contributed by atoms with Crippen LogP contribution in [0, 0.1) is 0 Å². The van der Waals surface area contributed by atoms with Gasteiger partial charge in [0.1, 0.15) is 73.6 Å². The van der Waals surface area contributed by atoms with Crippen molar-refractivity contribution in [3.63, 3.8) is 0 Å². The number of aliphatic carboxylic acids is 1. The molecule has 1 aliphatic rings. The fraction of sp³-hybridized carbons (Fsp3) is 0.500. The predicted octanol–water partition coefficient (Wildman–Crippen LogP) is 8.89. The lowest BCUT2D eigenvalue weighted by Crippen LogP contribution is -2.31. The number of fused-ring (bicyclic) bond motifs is 8. The number of hydrogen-bond acceptors (Lipinski definition) is 17. The Morgan fingerprint density at radius 2 is 0.553 bits per heavy atom. The van der Waals surface area contributed by atoms with Crippen LogP contribution in [-0.4, -0.2) is 153 Å². The van der Waals surface area contributed by atoms with Crippen LogP contribution in [0.25, 0.3) is 0 Å². The minimum absolute atomic E-state index is 0.249. The summed E-state index contributed by atoms with van der Waals surface area (Å²) >= 11 is 0. The summed E-state index contributed by atoms with van der Waals surface area (Å²) in [5.41, 5.74) is 8.81. The van der Waals surface area contributed by atoms with Crippen molar-refractivity contribution in [3.8, 4) is 23.0 Å². The van der Waals surface area contributed by atoms with Gasteiger partial charge in [0.05, 0.1) is 0 Å². The van der Waals surface area contributed by atoms with Gasteiger partial charge in [-0.2, -0.15) is 33.6 Å². The Bertz CT molecular complexity index is 3520. The van der Waals surface area contributed by atoms with E-state index in [9.17, 15) is 32.3 Å². The molecule has 103 heavy (non-hydrogen) atoms. The van der Waals surface area contributed by atoms with Gasteiger partial charge in [0.25, 0.3) is 23.6 Å². The van der Waals surface area contributed by atoms with Crippen LogP contribution >= 0.6 is 0 Å². The van der Waals surface area contributed by atoms with Gasteiger partial charge in [-0.3, -0.25) is 37.9 Å². The molecule has 0 saturated carbocycles. The molecule has 8 aromatic rings. The normalized spacial score (nSPS) is 12.5. The maximum atomic E-state index is 14.1. The van der Waals surface area contributed by atoms with Gasteiger partial charge in [-0.1, -0.05) is 132 Å². The monoisotopic (exact) mass is 1430 g/mol. The minimum Gasteiger partial charge on any atom is -0.483 e. The van der Waals surface area contributed by atoms with Crippen LogP contribution in [0.3, 0.4) is 0 Å². The number of rotatable bonds is 28. The standard InChI is InChI=1S/C72H96N16O8.C2HF3O2/c1-69(2,3)57-29-49-25-51-31-58(70(4,5)6)33-53(66(51)94-38-62(90)78-18-14-22-86-46-74-42-82-86)27-55-35-60(72(10,11)12)36-56(68(55)96-40-64(92)80-20-16-24-88-48-76-44-84-88)28-54-34-59(71(7,8)9)32-52(67(54)95-39-63(91)79-19-15-23-87-47-75-43-83-87)26-50(30-57)65(49)93-37-61(89)77-17-13-21-85-45-73-41-81-85;3-2(4,5)1(6)7/h29-36,41-48H,13-28,37-40H2,1-12H3,(H,77,89)(H,78,90)(H,79,91)(H,80,92);(H,6,7). The van der Waals surface area contributed by atoms with E-state index in [2.05, 4.69) is 193 Å². The maximum absolute atomic E-state index is 14.1. The van der Waals surface area contributed by atoms with Crippen molar-refractivity contribution in [1.82, 2.24) is 80.3 Å². The van der Waals surface area contributed by atoms with Crippen LogP contribution < -0.4 is 40.2 Å². The van der Waals surface area contributed by atoms with Crippen LogP contribution in [0.2, 0.25) is 0 Å². The number of benzene rings is 4. The number of halogens is 3. The van der Waals surface area contributed by atoms with Crippen molar-refractivity contribution in [3.05, 3.63) is 166 Å². The van der Waals surface area contributed by atoms with E-state index in [1.165, 1.54) is 25.3 Å². The molecule has 0 fully saturated rings. The zero-order valence-electron chi connectivity index (χ0n) is 61.0. The number of hydrogen-bond donors (Lipinski definition) is 5. The molecule has 4 amide bonds. The molecule has 4 aromatic heterocycles. The molecule has 9 rings (SSSR count). The first-order valence-electron chi connectivity index (χ1n) is 34.5. The summed E-state index contributed by atoms with van der Waals surface area (Å²) in [7, 11) is 0. The largest absolute Gasteiger partial charge is 0.490 e. The quantitative estimate of drug-likeness (QED) is 0.0286. The van der Waals surface area contributed by atoms with E-state index in [1.807, 2.05) is 0 Å². The lowest BCUT2D eigenvalue weighted by Gasteiger charge is -2.29. The summed E-state index contributed by atoms with van der Waals surface area (Å²) in [5, 5.41) is 36.3. The van der Waals surface area contributed by atoms with E-state index in [-0.39, 0.29) is 75.7 Å². The highest BCUT2D eigenvalue weighted by molar-refractivity contribution is 5.79. The molecule has 0 unspecified atom stereocenters. The second kappa shape index (κ2) is 35.1. The van der Waals surface area contributed by atoms with Gasteiger partial charge < -0.3 is 45.3 Å². The van der Waals surface area contributed by atoms with E-state index in [0.717, 1.165) is 66.8 Å². The number of amides is 4. The van der Waals surface area contributed by atoms with Crippen LogP contribution in [0.15, 0.2) is 99.1 Å². The average molecular weight is 1430 g/mol. The molecule has 0 radical (unpaired) electrons. The first-order valence-corrected chi connectivity index (χ1v) is 34.5. The SMILES string of the molecule is CC(C)(C)c1cc2c(OCC(=O)NCCCn3cncn3)c(c1)Cc1cc(C(C)(C)C)cc(c1OCC(=O)NCCCn1cncn1)Cc1cc(C(C)(C)C)cc(c1OCC(=O)NCCCn1cncn1)Cc1cc(C(C)(C)C)cc(c1OCC(=O)NCCCn1cncn1)C2.O=C(O)C(F)(F)F. The highest BCUT2D eigenvalue weighted by Crippen LogP contribution is 2.45. The number of carboxylic acid groups (broad SMARTS) is 1. The molecule has 5 N–H and O–H groups in total. The number of nitrogens with zero attached hydrogens (tertiary/aromatic N) is 12. The van der Waals surface area contributed by atoms with Crippen LogP contribution in [0.4, 0.5) is 13.2 Å². The summed E-state index contributed by atoms with van der Waals surface area (Å²) in [6, 6.07) is 17.3. The number of carboxylic acids is 1. The number of alkyl halides is 3. The molecule has 1 aliphatic carbocycles. The Balaban J connectivity index is 0.00000182. The van der Waals surface area contributed by atoms with Gasteiger partial charge in [0.2, 0.25) is 0 Å². The summed E-state index contributed by atoms with van der Waals surface area (Å²) in [4.78, 5) is 81.6. The van der Waals surface area contributed by atoms with E-state index >= 15 is 0 Å². The second-order valence-corrected chi connectivity index (χ2v) is 29.6. The molecular formula is C74H97F3N16O10. The highest BCUT2D eigenvalue weighted by Gasteiger charge is 2.38. The Morgan fingerprint density at radius 3 is 0.699 bits per heavy atom. The van der Waals surface area contributed by atoms with Crippen molar-refractivity contribution >= 4 is 29.6 Å². The molecule has 29 heteroatoms. The lowest BCUT2D eigenvalue weighted by atomic mass is 9.79. The molecule has 554 valence electrons. The fourth-order valence-electron chi connectivity index (χ4n) is 11.4. The average Bonchev–Trinajstić information content (AvgIpc) is 0.963. The van der Waals surface area contributed by atoms with E-state index in [4.69, 9.17) is 28.8 Å². The van der Waals surface area contributed by atoms with Crippen molar-refractivity contribution < 1.29 is 61.2 Å². The Labute approximate surface area is 598 Å². The first-order chi connectivity index (χ1) is 48.7. The van der Waals surface area contributed by atoms with Crippen molar-refractivity contribution in [2.75, 3.05) is 52.6 Å². The number of nitrogens with one attached hydrogen (secondary N) is 4. The van der Waals surface area contributed by atoms with E-state index in [1.54, 1.807) is 44.0 Å². The third kappa shape index (κ3) is 23.9. The summed E-state index contributed by atoms with van der Waals surface area (Å²) < 4.78 is 66.6. The van der Waals surface area contributed by atoms with Gasteiger partial charge in [0.15, 0.2) is 26.4 Å². The maximum Gasteiger partial charge on any atom is 0.490 e. The third-order valence-electron chi connectivity index (χ3n) is 17.0. The van der Waals surface area contributed by atoms with Crippen molar-refractivity contribution in [1.29, 1.82) is 0 Å². The number of aryl methyl sites for hydroxylation is 4. The zero-order chi connectivity index (χ0) is 74.7. The van der Waals surface area contributed by atoms with Gasteiger partial charge >= 0.3 is 12.1 Å². The molecule has 4 aromatic carbocycles. The zero-order valence-corrected chi connectivity index (χ0v) is 61.0. The Hall–Kier alpha value is -10.2. The highest BCUT2D eigenvalue weighted by atomic mass is 19.4. The fourth-order valence-corrected chi connectivity index (χ4v) is 11.4. The second-order valence-electron chi connectivity index (χ2n) is 29.6. The Morgan fingerprint density at radius 1 is 0.369 bits per heavy atom. The smallest absolute Gasteiger partial charge is 0.483 e. The van der Waals surface area contributed by atoms with Gasteiger partial charge in [-0.25, -0.2) is 24.7 Å². The molecule has 8 bridgehead atoms. The van der Waals surface area contributed by atoms with Gasteiger partial charge in [0, 0.05) is 78.0 Å². The third-order valence-corrected chi connectivity index (χ3v) is 17.0. The number of ether oxygens (including phenoxy) is 4. The minimum atomic E-state index is -5.08. The van der Waals surface area contributed by atoms with E-state index < -0.39 is 33.8 Å². The first kappa shape index (κ1) is 78.5. The van der Waals surface area contributed by atoms with Crippen molar-refractivity contribution in [2.45, 2.75) is 188 Å². The number of carbonyl (C=O) groups excluding carboxylic acids is 4. The van der Waals surface area contributed by atoms with Crippen LogP contribution in [0.1, 0.15) is 176 Å². The molecule has 0 spiro atoms. The van der Waals surface area contributed by atoms with Crippen LogP contribution in [0.5, 0.6) is 23.0 Å². The van der Waals surface area contributed by atoms with E-state index in [0.29, 0.717) is 101 Å². The molecule has 26 nitrogen and oxygen atoms in total. The molecule has 4 heterocycles. The summed E-state index contributed by atoms with van der Waals surface area (Å²) in [6.07, 6.45) is 10.9. The Kier molecular flexibility index (Phi) is 26.8. The van der Waals surface area contributed by atoms with Gasteiger partial charge in [-0.05, 0) is 114 Å². The van der Waals surface area contributed by atoms with Gasteiger partial charge in [-0.15, -0.1) is 0 Å². The summed E-state index contributed by atoms with van der Waals surface area (Å²) in [5.74, 6) is -1.92. The predicted molar refractivity (Wildman–Crippen MR) is 378 cm³/mol. The topological polar surface area (TPSA) is 313 Å². The molecule has 0 saturated heterocycles.